The number of benzene rings is 3. The van der Waals surface area contributed by atoms with Gasteiger partial charge in [0, 0.05) is 36.0 Å². The Balaban J connectivity index is 1.53. The van der Waals surface area contributed by atoms with Gasteiger partial charge in [-0.15, -0.1) is 0 Å². The van der Waals surface area contributed by atoms with Crippen LogP contribution in [0.1, 0.15) is 54.4 Å². The summed E-state index contributed by atoms with van der Waals surface area (Å²) in [6.45, 7) is 2.53. The van der Waals surface area contributed by atoms with Crippen molar-refractivity contribution in [3.8, 4) is 11.1 Å². The molecule has 4 rings (SSSR count). The second kappa shape index (κ2) is 15.1. The van der Waals surface area contributed by atoms with Crippen LogP contribution in [0.25, 0.3) is 11.1 Å². The number of carboxylic acids is 1. The van der Waals surface area contributed by atoms with Crippen molar-refractivity contribution in [2.75, 3.05) is 18.1 Å². The highest BCUT2D eigenvalue weighted by molar-refractivity contribution is 7.99. The van der Waals surface area contributed by atoms with Crippen molar-refractivity contribution in [1.82, 2.24) is 5.32 Å². The lowest BCUT2D eigenvalue weighted by atomic mass is 9.91. The third-order valence-corrected chi connectivity index (χ3v) is 8.15. The van der Waals surface area contributed by atoms with Crippen LogP contribution in [0.5, 0.6) is 0 Å². The third-order valence-electron chi connectivity index (χ3n) is 7.12. The zero-order valence-electron chi connectivity index (χ0n) is 23.1. The maximum Gasteiger partial charge on any atom is 0.303 e. The second-order valence-electron chi connectivity index (χ2n) is 10.1. The van der Waals surface area contributed by atoms with Crippen molar-refractivity contribution in [1.29, 1.82) is 0 Å². The molecule has 0 saturated carbocycles. The molecule has 3 aromatic carbocycles. The van der Waals surface area contributed by atoms with Crippen LogP contribution >= 0.6 is 11.8 Å². The number of aliphatic hydroxyl groups excluding tert-OH is 2. The van der Waals surface area contributed by atoms with Gasteiger partial charge in [-0.3, -0.25) is 9.59 Å². The summed E-state index contributed by atoms with van der Waals surface area (Å²) in [5.41, 5.74) is 5.60. The first-order chi connectivity index (χ1) is 19.9. The van der Waals surface area contributed by atoms with Crippen molar-refractivity contribution in [3.63, 3.8) is 0 Å². The van der Waals surface area contributed by atoms with E-state index >= 15 is 0 Å². The largest absolute Gasteiger partial charge is 0.481 e. The number of rotatable bonds is 13. The van der Waals surface area contributed by atoms with Crippen LogP contribution in [0, 0.1) is 5.92 Å². The minimum atomic E-state index is -0.997. The van der Waals surface area contributed by atoms with E-state index < -0.39 is 12.3 Å². The Labute approximate surface area is 244 Å². The Hall–Kier alpha value is -3.21. The molecule has 4 atom stereocenters. The van der Waals surface area contributed by atoms with E-state index in [1.54, 1.807) is 11.8 Å². The topological polar surface area (TPSA) is 125 Å². The number of aliphatic hydroxyl groups is 2. The van der Waals surface area contributed by atoms with Crippen molar-refractivity contribution in [3.05, 3.63) is 95.1 Å². The van der Waals surface area contributed by atoms with Crippen LogP contribution in [-0.2, 0) is 32.2 Å². The van der Waals surface area contributed by atoms with Crippen LogP contribution in [0.15, 0.2) is 72.8 Å². The lowest BCUT2D eigenvalue weighted by Gasteiger charge is -2.41. The van der Waals surface area contributed by atoms with Crippen LogP contribution < -0.4 is 5.32 Å². The molecule has 0 bridgehead atoms. The highest BCUT2D eigenvalue weighted by Gasteiger charge is 2.38. The van der Waals surface area contributed by atoms with Gasteiger partial charge in [0.25, 0.3) is 0 Å². The SMILES string of the molecule is C[C@H]1[C@@H](CSCCO)O[C@@H](c2cccc(-c3cccc(CNC(=O)CCC(=O)O)c3)c2)O[C@H]1c1ccc(CO)cc1. The molecule has 1 aliphatic heterocycles. The highest BCUT2D eigenvalue weighted by atomic mass is 32.2. The number of carboxylic acid groups (broad SMARTS) is 1. The van der Waals surface area contributed by atoms with Crippen molar-refractivity contribution < 1.29 is 34.4 Å². The first-order valence-corrected chi connectivity index (χ1v) is 14.9. The minimum Gasteiger partial charge on any atom is -0.481 e. The van der Waals surface area contributed by atoms with Crippen LogP contribution in [0.4, 0.5) is 0 Å². The molecule has 3 aromatic rings. The molecule has 0 radical (unpaired) electrons. The first-order valence-electron chi connectivity index (χ1n) is 13.7. The number of amides is 1. The number of hydrogen-bond donors (Lipinski definition) is 4. The van der Waals surface area contributed by atoms with E-state index in [0.29, 0.717) is 12.3 Å². The summed E-state index contributed by atoms with van der Waals surface area (Å²) in [5.74, 6) is 0.145. The number of carbonyl (C=O) groups is 2. The number of thioether (sulfide) groups is 1. The van der Waals surface area contributed by atoms with E-state index in [2.05, 4.69) is 18.3 Å². The maximum atomic E-state index is 12.0. The van der Waals surface area contributed by atoms with Gasteiger partial charge in [-0.1, -0.05) is 67.6 Å². The Bertz CT molecular complexity index is 1300. The molecule has 1 heterocycles. The van der Waals surface area contributed by atoms with E-state index in [9.17, 15) is 19.8 Å². The fourth-order valence-corrected chi connectivity index (χ4v) is 5.72. The number of carbonyl (C=O) groups excluding carboxylic acids is 1. The lowest BCUT2D eigenvalue weighted by molar-refractivity contribution is -0.268. The summed E-state index contributed by atoms with van der Waals surface area (Å²) >= 11 is 1.65. The predicted molar refractivity (Wildman–Crippen MR) is 158 cm³/mol. The van der Waals surface area contributed by atoms with Crippen LogP contribution in [0.3, 0.4) is 0 Å². The predicted octanol–water partition coefficient (Wildman–Crippen LogP) is 4.84. The van der Waals surface area contributed by atoms with E-state index in [1.165, 1.54) is 0 Å². The van der Waals surface area contributed by atoms with E-state index in [4.69, 9.17) is 14.6 Å². The minimum absolute atomic E-state index is 0.0153. The number of nitrogens with one attached hydrogen (secondary N) is 1. The number of ether oxygens (including phenoxy) is 2. The van der Waals surface area contributed by atoms with Gasteiger partial charge < -0.3 is 30.1 Å². The van der Waals surface area contributed by atoms with Crippen molar-refractivity contribution >= 4 is 23.6 Å². The van der Waals surface area contributed by atoms with Gasteiger partial charge in [-0.05, 0) is 39.9 Å². The average Bonchev–Trinajstić information content (AvgIpc) is 3.00. The van der Waals surface area contributed by atoms with E-state index in [1.807, 2.05) is 66.7 Å². The zero-order chi connectivity index (χ0) is 29.2. The average molecular weight is 580 g/mol. The van der Waals surface area contributed by atoms with Gasteiger partial charge in [0.05, 0.1) is 31.8 Å². The molecule has 1 amide bonds. The molecule has 0 aromatic heterocycles. The fraction of sp³-hybridized carbons (Fsp3) is 0.375. The summed E-state index contributed by atoms with van der Waals surface area (Å²) in [6, 6.07) is 23.7. The number of aliphatic carboxylic acids is 1. The van der Waals surface area contributed by atoms with Gasteiger partial charge in [-0.25, -0.2) is 0 Å². The molecule has 4 N–H and O–H groups in total. The normalized spacial score (nSPS) is 20.5. The summed E-state index contributed by atoms with van der Waals surface area (Å²) in [6.07, 6.45) is -1.14. The molecule has 1 aliphatic rings. The molecule has 1 saturated heterocycles. The Morgan fingerprint density at radius 3 is 2.32 bits per heavy atom. The Kier molecular flexibility index (Phi) is 11.4. The molecule has 41 heavy (non-hydrogen) atoms. The van der Waals surface area contributed by atoms with Gasteiger partial charge in [0.1, 0.15) is 0 Å². The molecule has 0 unspecified atom stereocenters. The van der Waals surface area contributed by atoms with Gasteiger partial charge >= 0.3 is 5.97 Å². The van der Waals surface area contributed by atoms with Crippen LogP contribution in [-0.4, -0.2) is 51.4 Å². The molecule has 8 nitrogen and oxygen atoms in total. The Morgan fingerprint density at radius 2 is 1.61 bits per heavy atom. The fourth-order valence-electron chi connectivity index (χ4n) is 4.81. The van der Waals surface area contributed by atoms with Gasteiger partial charge in [-0.2, -0.15) is 11.8 Å². The smallest absolute Gasteiger partial charge is 0.303 e. The molecular weight excluding hydrogens is 542 g/mol. The molecule has 0 aliphatic carbocycles. The quantitative estimate of drug-likeness (QED) is 0.212. The molecular formula is C32H37NO7S. The standard InChI is InChI=1S/C32H37NO7S/c1-21-28(20-41-15-14-34)39-32(40-31(21)24-10-8-22(19-35)9-11-24)27-7-3-6-26(17-27)25-5-2-4-23(16-25)18-33-29(36)12-13-30(37)38/h2-11,16-17,21,28,31-32,34-35H,12-15,18-20H2,1H3,(H,33,36)(H,37,38)/t21-,28+,31+,32+/m0/s1. The number of hydrogen-bond acceptors (Lipinski definition) is 7. The molecule has 1 fully saturated rings. The van der Waals surface area contributed by atoms with Crippen LogP contribution in [0.2, 0.25) is 0 Å². The highest BCUT2D eigenvalue weighted by Crippen LogP contribution is 2.43. The molecule has 218 valence electrons. The summed E-state index contributed by atoms with van der Waals surface area (Å²) in [4.78, 5) is 22.7. The monoisotopic (exact) mass is 579 g/mol. The van der Waals surface area contributed by atoms with Crippen molar-refractivity contribution in [2.45, 2.75) is 51.4 Å². The summed E-state index contributed by atoms with van der Waals surface area (Å²) in [7, 11) is 0. The Morgan fingerprint density at radius 1 is 0.878 bits per heavy atom. The maximum absolute atomic E-state index is 12.0. The van der Waals surface area contributed by atoms with E-state index in [-0.39, 0.29) is 50.1 Å². The molecule has 0 spiro atoms. The lowest BCUT2D eigenvalue weighted by Crippen LogP contribution is -2.38. The first kappa shape index (κ1) is 30.7. The van der Waals surface area contributed by atoms with Gasteiger partial charge in [0.15, 0.2) is 6.29 Å². The zero-order valence-corrected chi connectivity index (χ0v) is 23.9. The van der Waals surface area contributed by atoms with E-state index in [0.717, 1.165) is 39.1 Å². The van der Waals surface area contributed by atoms with Crippen molar-refractivity contribution in [2.24, 2.45) is 5.92 Å². The second-order valence-corrected chi connectivity index (χ2v) is 11.3. The summed E-state index contributed by atoms with van der Waals surface area (Å²) in [5, 5.41) is 30.3. The molecule has 9 heteroatoms. The summed E-state index contributed by atoms with van der Waals surface area (Å²) < 4.78 is 13.1. The van der Waals surface area contributed by atoms with Gasteiger partial charge in [0.2, 0.25) is 5.91 Å². The third kappa shape index (κ3) is 8.64.